The molecule has 7 nitrogen and oxygen atoms in total. The predicted octanol–water partition coefficient (Wildman–Crippen LogP) is 0.455. The molecule has 2 rings (SSSR count). The highest BCUT2D eigenvalue weighted by atomic mass is 127. The second-order valence-electron chi connectivity index (χ2n) is 6.20. The van der Waals surface area contributed by atoms with Crippen molar-refractivity contribution in [2.24, 2.45) is 4.99 Å². The average Bonchev–Trinajstić information content (AvgIpc) is 3.12. The first-order valence-electron chi connectivity index (χ1n) is 8.64. The van der Waals surface area contributed by atoms with Gasteiger partial charge in [0.1, 0.15) is 0 Å². The molecule has 0 saturated carbocycles. The largest absolute Gasteiger partial charge is 0.383 e. The van der Waals surface area contributed by atoms with Crippen LogP contribution in [0, 0.1) is 0 Å². The van der Waals surface area contributed by atoms with Crippen LogP contribution in [0.4, 0.5) is 0 Å². The van der Waals surface area contributed by atoms with Crippen LogP contribution in [-0.4, -0.2) is 99.2 Å². The fourth-order valence-corrected chi connectivity index (χ4v) is 3.28. The summed E-state index contributed by atoms with van der Waals surface area (Å²) in [5.41, 5.74) is 0. The van der Waals surface area contributed by atoms with Crippen LogP contribution in [0.3, 0.4) is 0 Å². The fraction of sp³-hybridized carbons (Fsp3) is 0.875. The van der Waals surface area contributed by atoms with Crippen LogP contribution >= 0.6 is 24.0 Å². The molecule has 140 valence electrons. The van der Waals surface area contributed by atoms with Gasteiger partial charge in [-0.1, -0.05) is 0 Å². The van der Waals surface area contributed by atoms with Gasteiger partial charge in [-0.15, -0.1) is 24.0 Å². The number of nitrogens with zero attached hydrogens (tertiary/aromatic N) is 4. The maximum atomic E-state index is 12.5. The molecule has 0 spiro atoms. The molecule has 2 heterocycles. The van der Waals surface area contributed by atoms with Gasteiger partial charge in [-0.25, -0.2) is 0 Å². The number of rotatable bonds is 5. The zero-order chi connectivity index (χ0) is 16.7. The van der Waals surface area contributed by atoms with Crippen LogP contribution in [0.25, 0.3) is 0 Å². The third-order valence-corrected chi connectivity index (χ3v) is 4.74. The Bertz CT molecular complexity index is 407. The third kappa shape index (κ3) is 5.73. The Labute approximate surface area is 162 Å². The molecule has 0 aromatic carbocycles. The van der Waals surface area contributed by atoms with E-state index in [1.54, 1.807) is 14.2 Å². The zero-order valence-electron chi connectivity index (χ0n) is 15.2. The minimum atomic E-state index is -0.0151. The molecule has 2 aliphatic heterocycles. The van der Waals surface area contributed by atoms with E-state index >= 15 is 0 Å². The van der Waals surface area contributed by atoms with E-state index < -0.39 is 0 Å². The van der Waals surface area contributed by atoms with Gasteiger partial charge >= 0.3 is 0 Å². The summed E-state index contributed by atoms with van der Waals surface area (Å²) in [6, 6.07) is -0.0151. The lowest BCUT2D eigenvalue weighted by atomic mass is 10.2. The summed E-state index contributed by atoms with van der Waals surface area (Å²) in [5.74, 6) is 1.21. The van der Waals surface area contributed by atoms with Crippen LogP contribution in [-0.2, 0) is 9.53 Å². The number of carbonyl (C=O) groups excluding carboxylic acids is 1. The number of aliphatic imine (C=N–C) groups is 1. The summed E-state index contributed by atoms with van der Waals surface area (Å²) in [4.78, 5) is 23.4. The van der Waals surface area contributed by atoms with Crippen molar-refractivity contribution in [3.63, 3.8) is 0 Å². The number of hydrogen-bond acceptors (Lipinski definition) is 4. The van der Waals surface area contributed by atoms with Gasteiger partial charge in [0.05, 0.1) is 12.6 Å². The van der Waals surface area contributed by atoms with E-state index in [1.165, 1.54) is 0 Å². The van der Waals surface area contributed by atoms with Crippen LogP contribution in [0.2, 0.25) is 0 Å². The van der Waals surface area contributed by atoms with E-state index in [0.717, 1.165) is 64.6 Å². The van der Waals surface area contributed by atoms with Gasteiger partial charge in [0.25, 0.3) is 0 Å². The van der Waals surface area contributed by atoms with Gasteiger partial charge in [0.15, 0.2) is 5.96 Å². The molecular weight excluding hydrogens is 421 g/mol. The lowest BCUT2D eigenvalue weighted by Gasteiger charge is -2.39. The Morgan fingerprint density at radius 3 is 2.29 bits per heavy atom. The molecule has 2 aliphatic rings. The minimum absolute atomic E-state index is 0. The highest BCUT2D eigenvalue weighted by Crippen LogP contribution is 2.13. The molecule has 1 amide bonds. The maximum absolute atomic E-state index is 12.5. The standard InChI is InChI=1S/C16H31N5O2.HI/c1-14(15(22)20-7-4-5-8-20)19-9-11-21(12-10-19)16(17-2)18-6-13-23-3;/h14H,4-13H2,1-3H3,(H,17,18);1H. The molecule has 0 aromatic heterocycles. The first-order valence-corrected chi connectivity index (χ1v) is 8.64. The number of guanidine groups is 1. The van der Waals surface area contributed by atoms with Gasteiger partial charge in [-0.05, 0) is 19.8 Å². The summed E-state index contributed by atoms with van der Waals surface area (Å²) >= 11 is 0. The van der Waals surface area contributed by atoms with Crippen molar-refractivity contribution in [2.45, 2.75) is 25.8 Å². The lowest BCUT2D eigenvalue weighted by molar-refractivity contribution is -0.135. The SMILES string of the molecule is CN=C(NCCOC)N1CCN(C(C)C(=O)N2CCCC2)CC1.I. The quantitative estimate of drug-likeness (QED) is 0.284. The molecule has 0 aromatic rings. The van der Waals surface area contributed by atoms with E-state index in [4.69, 9.17) is 4.74 Å². The van der Waals surface area contributed by atoms with Crippen molar-refractivity contribution in [3.05, 3.63) is 0 Å². The predicted molar refractivity (Wildman–Crippen MR) is 107 cm³/mol. The Hall–Kier alpha value is -0.610. The number of methoxy groups -OCH3 is 1. The van der Waals surface area contributed by atoms with E-state index in [-0.39, 0.29) is 30.0 Å². The summed E-state index contributed by atoms with van der Waals surface area (Å²) in [5, 5.41) is 3.31. The summed E-state index contributed by atoms with van der Waals surface area (Å²) in [6.45, 7) is 8.90. The molecule has 24 heavy (non-hydrogen) atoms. The van der Waals surface area contributed by atoms with Crippen LogP contribution in [0.5, 0.6) is 0 Å². The third-order valence-electron chi connectivity index (χ3n) is 4.74. The molecule has 8 heteroatoms. The van der Waals surface area contributed by atoms with Crippen molar-refractivity contribution >= 4 is 35.8 Å². The number of carbonyl (C=O) groups is 1. The molecule has 2 saturated heterocycles. The minimum Gasteiger partial charge on any atom is -0.383 e. The summed E-state index contributed by atoms with van der Waals surface area (Å²) in [6.07, 6.45) is 2.30. The number of likely N-dealkylation sites (tertiary alicyclic amines) is 1. The molecular formula is C16H32IN5O2. The van der Waals surface area contributed by atoms with Gasteiger partial charge < -0.3 is 19.9 Å². The Balaban J connectivity index is 0.00000288. The monoisotopic (exact) mass is 453 g/mol. The Morgan fingerprint density at radius 2 is 1.75 bits per heavy atom. The summed E-state index contributed by atoms with van der Waals surface area (Å²) < 4.78 is 5.06. The van der Waals surface area contributed by atoms with Gasteiger partial charge in [0, 0.05) is 60.0 Å². The number of hydrogen-bond donors (Lipinski definition) is 1. The van der Waals surface area contributed by atoms with Crippen molar-refractivity contribution in [1.82, 2.24) is 20.0 Å². The first-order chi connectivity index (χ1) is 11.2. The van der Waals surface area contributed by atoms with E-state index in [0.29, 0.717) is 12.5 Å². The highest BCUT2D eigenvalue weighted by molar-refractivity contribution is 14.0. The second-order valence-corrected chi connectivity index (χ2v) is 6.20. The number of halogens is 1. The molecule has 1 atom stereocenters. The molecule has 2 fully saturated rings. The topological polar surface area (TPSA) is 60.4 Å². The summed E-state index contributed by atoms with van der Waals surface area (Å²) in [7, 11) is 3.50. The van der Waals surface area contributed by atoms with Gasteiger partial charge in [0.2, 0.25) is 5.91 Å². The molecule has 0 aliphatic carbocycles. The van der Waals surface area contributed by atoms with Crippen molar-refractivity contribution in [2.75, 3.05) is 66.6 Å². The van der Waals surface area contributed by atoms with E-state index in [9.17, 15) is 4.79 Å². The van der Waals surface area contributed by atoms with Gasteiger partial charge in [-0.3, -0.25) is 14.7 Å². The van der Waals surface area contributed by atoms with Gasteiger partial charge in [-0.2, -0.15) is 0 Å². The van der Waals surface area contributed by atoms with Crippen molar-refractivity contribution in [1.29, 1.82) is 0 Å². The van der Waals surface area contributed by atoms with E-state index in [1.807, 2.05) is 11.8 Å². The van der Waals surface area contributed by atoms with Crippen molar-refractivity contribution < 1.29 is 9.53 Å². The number of piperazine rings is 1. The smallest absolute Gasteiger partial charge is 0.239 e. The molecule has 1 N–H and O–H groups in total. The van der Waals surface area contributed by atoms with Crippen LogP contribution in [0.15, 0.2) is 4.99 Å². The number of nitrogens with one attached hydrogen (secondary N) is 1. The molecule has 0 bridgehead atoms. The zero-order valence-corrected chi connectivity index (χ0v) is 17.5. The Kier molecular flexibility index (Phi) is 9.91. The fourth-order valence-electron chi connectivity index (χ4n) is 3.28. The number of ether oxygens (including phenoxy) is 1. The molecule has 0 radical (unpaired) electrons. The lowest BCUT2D eigenvalue weighted by Crippen LogP contribution is -2.57. The normalized spacial score (nSPS) is 20.7. The van der Waals surface area contributed by atoms with Crippen LogP contribution in [0.1, 0.15) is 19.8 Å². The Morgan fingerprint density at radius 1 is 1.12 bits per heavy atom. The van der Waals surface area contributed by atoms with Crippen molar-refractivity contribution in [3.8, 4) is 0 Å². The second kappa shape index (κ2) is 11.1. The number of amides is 1. The highest BCUT2D eigenvalue weighted by Gasteiger charge is 2.30. The molecule has 1 unspecified atom stereocenters. The van der Waals surface area contributed by atoms with Crippen LogP contribution < -0.4 is 5.32 Å². The van der Waals surface area contributed by atoms with E-state index in [2.05, 4.69) is 20.1 Å². The maximum Gasteiger partial charge on any atom is 0.239 e. The average molecular weight is 453 g/mol. The first kappa shape index (κ1) is 21.4.